The summed E-state index contributed by atoms with van der Waals surface area (Å²) in [6.45, 7) is 0.322. The highest BCUT2D eigenvalue weighted by atomic mass is 32.1. The van der Waals surface area contributed by atoms with E-state index in [0.29, 0.717) is 17.5 Å². The van der Waals surface area contributed by atoms with Crippen LogP contribution in [0.3, 0.4) is 0 Å². The number of halogens is 2. The molecule has 0 saturated carbocycles. The van der Waals surface area contributed by atoms with Crippen LogP contribution in [0.5, 0.6) is 0 Å². The fraction of sp³-hybridized carbons (Fsp3) is 0.308. The number of thiazole rings is 1. The largest absolute Gasteiger partial charge is 0.347 e. The van der Waals surface area contributed by atoms with Crippen molar-refractivity contribution in [3.05, 3.63) is 58.7 Å². The zero-order valence-corrected chi connectivity index (χ0v) is 24.1. The van der Waals surface area contributed by atoms with Crippen LogP contribution in [0.2, 0.25) is 0 Å². The summed E-state index contributed by atoms with van der Waals surface area (Å²) in [5, 5.41) is 99.5. The Balaban J connectivity index is 1.70. The van der Waals surface area contributed by atoms with Crippen molar-refractivity contribution in [2.24, 2.45) is 0 Å². The van der Waals surface area contributed by atoms with Crippen LogP contribution >= 0.6 is 11.3 Å². The maximum absolute atomic E-state index is 15.6. The highest BCUT2D eigenvalue weighted by molar-refractivity contribution is 7.16. The minimum absolute atomic E-state index is 0.0762. The third-order valence-corrected chi connectivity index (χ3v) is 8.35. The highest BCUT2D eigenvalue weighted by Crippen LogP contribution is 2.47. The standard InChI is InChI=1S/C26H25F2N7O9S/c1-3-16-21(32(2)22-30-20(19(11-29)45-22)13-4-6-14(27)7-5-13)18-10-17(15(28)12-33(18)31-16)35-25(41,42)23(37,38)34(8-9-36)24(39,40)26(35,43)44/h4-7,9-10,12,37-44H,3,8H2,1-2H3. The molecule has 3 aromatic heterocycles. The van der Waals surface area contributed by atoms with Crippen molar-refractivity contribution in [2.75, 3.05) is 23.4 Å². The molecule has 0 unspecified atom stereocenters. The van der Waals surface area contributed by atoms with Gasteiger partial charge in [-0.05, 0) is 36.8 Å². The molecule has 0 aliphatic carbocycles. The van der Waals surface area contributed by atoms with Gasteiger partial charge in [0.25, 0.3) is 0 Å². The van der Waals surface area contributed by atoms with Crippen LogP contribution < -0.4 is 9.80 Å². The number of pyridine rings is 1. The topological polar surface area (TPSA) is 243 Å². The van der Waals surface area contributed by atoms with Gasteiger partial charge in [0.1, 0.15) is 28.7 Å². The Kier molecular flexibility index (Phi) is 7.66. The van der Waals surface area contributed by atoms with Crippen LogP contribution in [-0.2, 0) is 11.2 Å². The number of carbonyl (C=O) groups is 1. The normalized spacial score (nSPS) is 18.6. The number of fused-ring (bicyclic) bond motifs is 1. The Morgan fingerprint density at radius 1 is 1.02 bits per heavy atom. The number of aromatic nitrogens is 3. The van der Waals surface area contributed by atoms with E-state index in [2.05, 4.69) is 10.1 Å². The van der Waals surface area contributed by atoms with Crippen LogP contribution in [0.1, 0.15) is 17.5 Å². The summed E-state index contributed by atoms with van der Waals surface area (Å²) in [6, 6.07) is 8.06. The quantitative estimate of drug-likeness (QED) is 0.0867. The summed E-state index contributed by atoms with van der Waals surface area (Å²) >= 11 is 0.944. The number of piperazine rings is 1. The van der Waals surface area contributed by atoms with E-state index in [1.165, 1.54) is 36.2 Å². The molecule has 0 atom stereocenters. The Hall–Kier alpha value is -4.20. The number of rotatable bonds is 7. The van der Waals surface area contributed by atoms with Crippen molar-refractivity contribution in [3.8, 4) is 17.3 Å². The lowest BCUT2D eigenvalue weighted by Gasteiger charge is -2.61. The Morgan fingerprint density at radius 3 is 2.16 bits per heavy atom. The van der Waals surface area contributed by atoms with E-state index in [9.17, 15) is 55.3 Å². The van der Waals surface area contributed by atoms with Gasteiger partial charge in [-0.1, -0.05) is 18.3 Å². The first-order valence-corrected chi connectivity index (χ1v) is 13.7. The van der Waals surface area contributed by atoms with E-state index in [4.69, 9.17) is 0 Å². The van der Waals surface area contributed by atoms with Crippen molar-refractivity contribution < 1.29 is 54.4 Å². The van der Waals surface area contributed by atoms with Crippen molar-refractivity contribution in [1.29, 1.82) is 5.26 Å². The summed E-state index contributed by atoms with van der Waals surface area (Å²) in [5.74, 6) is -19.1. The number of nitriles is 1. The lowest BCUT2D eigenvalue weighted by Crippen LogP contribution is -2.91. The van der Waals surface area contributed by atoms with Gasteiger partial charge in [0.15, 0.2) is 10.9 Å². The molecule has 5 rings (SSSR count). The molecule has 0 bridgehead atoms. The van der Waals surface area contributed by atoms with Crippen molar-refractivity contribution in [2.45, 2.75) is 37.0 Å². The van der Waals surface area contributed by atoms with Gasteiger partial charge >= 0.3 is 23.6 Å². The molecule has 4 aromatic rings. The molecule has 8 N–H and O–H groups in total. The first kappa shape index (κ1) is 32.2. The van der Waals surface area contributed by atoms with Crippen molar-refractivity contribution in [1.82, 2.24) is 19.5 Å². The fourth-order valence-electron chi connectivity index (χ4n) is 5.06. The lowest BCUT2D eigenvalue weighted by molar-refractivity contribution is -0.545. The van der Waals surface area contributed by atoms with Gasteiger partial charge in [-0.3, -0.25) is 4.90 Å². The molecule has 1 aromatic carbocycles. The molecule has 16 nitrogen and oxygen atoms in total. The minimum Gasteiger partial charge on any atom is -0.347 e. The van der Waals surface area contributed by atoms with E-state index in [0.717, 1.165) is 21.9 Å². The molecule has 45 heavy (non-hydrogen) atoms. The summed E-state index contributed by atoms with van der Waals surface area (Å²) in [7, 11) is 1.51. The summed E-state index contributed by atoms with van der Waals surface area (Å²) in [5.41, 5.74) is -0.118. The molecule has 0 spiro atoms. The molecule has 19 heteroatoms. The van der Waals surface area contributed by atoms with E-state index in [1.807, 2.05) is 6.07 Å². The molecular formula is C26H25F2N7O9S. The third kappa shape index (κ3) is 4.63. The predicted molar refractivity (Wildman–Crippen MR) is 149 cm³/mol. The summed E-state index contributed by atoms with van der Waals surface area (Å²) < 4.78 is 30.1. The van der Waals surface area contributed by atoms with E-state index in [-0.39, 0.29) is 39.6 Å². The lowest BCUT2D eigenvalue weighted by atomic mass is 10.0. The van der Waals surface area contributed by atoms with Gasteiger partial charge in [0.05, 0.1) is 35.3 Å². The Morgan fingerprint density at radius 2 is 1.62 bits per heavy atom. The maximum Gasteiger partial charge on any atom is 0.324 e. The zero-order chi connectivity index (χ0) is 33.3. The fourth-order valence-corrected chi connectivity index (χ4v) is 5.91. The second-order valence-electron chi connectivity index (χ2n) is 9.99. The van der Waals surface area contributed by atoms with Crippen LogP contribution in [-0.4, -0.2) is 104 Å². The van der Waals surface area contributed by atoms with Crippen LogP contribution in [0.15, 0.2) is 36.5 Å². The number of carbonyl (C=O) groups excluding carboxylic acids is 1. The number of nitrogens with zero attached hydrogens (tertiary/aromatic N) is 7. The summed E-state index contributed by atoms with van der Waals surface area (Å²) in [4.78, 5) is 16.0. The average molecular weight is 650 g/mol. The van der Waals surface area contributed by atoms with E-state index in [1.54, 1.807) is 6.92 Å². The zero-order valence-electron chi connectivity index (χ0n) is 23.2. The van der Waals surface area contributed by atoms with Crippen LogP contribution in [0.4, 0.5) is 25.3 Å². The van der Waals surface area contributed by atoms with Crippen LogP contribution in [0.25, 0.3) is 16.8 Å². The first-order chi connectivity index (χ1) is 20.9. The van der Waals surface area contributed by atoms with Gasteiger partial charge in [0, 0.05) is 12.6 Å². The molecule has 1 fully saturated rings. The van der Waals surface area contributed by atoms with Gasteiger partial charge < -0.3 is 50.5 Å². The number of aliphatic hydroxyl groups is 8. The Bertz CT molecular complexity index is 1810. The molecule has 1 saturated heterocycles. The Labute approximate surface area is 255 Å². The van der Waals surface area contributed by atoms with Gasteiger partial charge in [-0.25, -0.2) is 18.3 Å². The SMILES string of the molecule is CCc1nn2cc(F)c(N3C(O)(O)C(O)(O)N(CC=O)C(O)(O)C3(O)O)cc2c1N(C)c1nc(-c2ccc(F)cc2)c(C#N)s1. The number of anilines is 3. The highest BCUT2D eigenvalue weighted by Gasteiger charge is 2.77. The van der Waals surface area contributed by atoms with Crippen molar-refractivity contribution in [3.63, 3.8) is 0 Å². The molecular weight excluding hydrogens is 624 g/mol. The molecule has 1 aliphatic rings. The number of hydrogen-bond donors (Lipinski definition) is 8. The second-order valence-corrected chi connectivity index (χ2v) is 11.0. The molecule has 0 radical (unpaired) electrons. The van der Waals surface area contributed by atoms with Gasteiger partial charge in [0.2, 0.25) is 0 Å². The van der Waals surface area contributed by atoms with E-state index < -0.39 is 57.3 Å². The number of aryl methyl sites for hydroxylation is 1. The molecule has 4 heterocycles. The molecule has 238 valence electrons. The predicted octanol–water partition coefficient (Wildman–Crippen LogP) is -1.19. The number of aldehydes is 1. The average Bonchev–Trinajstić information content (AvgIpc) is 3.56. The third-order valence-electron chi connectivity index (χ3n) is 7.31. The van der Waals surface area contributed by atoms with Crippen molar-refractivity contribution >= 4 is 39.6 Å². The van der Waals surface area contributed by atoms with Gasteiger partial charge in [-0.15, -0.1) is 0 Å². The number of benzene rings is 1. The molecule has 1 aliphatic heterocycles. The number of hydrogen-bond acceptors (Lipinski definition) is 16. The first-order valence-electron chi connectivity index (χ1n) is 12.9. The smallest absolute Gasteiger partial charge is 0.324 e. The van der Waals surface area contributed by atoms with Gasteiger partial charge in [-0.2, -0.15) is 15.3 Å². The van der Waals surface area contributed by atoms with Crippen LogP contribution in [0, 0.1) is 23.0 Å². The monoisotopic (exact) mass is 649 g/mol. The summed E-state index contributed by atoms with van der Waals surface area (Å²) in [6.07, 6.45) is 0.741. The maximum atomic E-state index is 15.6. The van der Waals surface area contributed by atoms with E-state index >= 15 is 4.39 Å². The minimum atomic E-state index is -4.33. The molecule has 0 amide bonds. The second kappa shape index (κ2) is 10.7.